The summed E-state index contributed by atoms with van der Waals surface area (Å²) in [6.07, 6.45) is 45.4. The van der Waals surface area contributed by atoms with Crippen LogP contribution in [0.1, 0.15) is 228 Å². The number of unbranched alkanes of at least 4 members (excludes halogenated alkanes) is 15. The first-order valence-corrected chi connectivity index (χ1v) is 23.2. The molecule has 0 amide bonds. The molecule has 0 saturated heterocycles. The van der Waals surface area contributed by atoms with Crippen LogP contribution in [0.3, 0.4) is 0 Å². The molecule has 0 spiro atoms. The highest BCUT2D eigenvalue weighted by atomic mass is 16.5. The van der Waals surface area contributed by atoms with E-state index in [4.69, 9.17) is 4.74 Å². The average molecular weight is 707 g/mol. The summed E-state index contributed by atoms with van der Waals surface area (Å²) in [5.74, 6) is 5.32. The van der Waals surface area contributed by atoms with Crippen molar-refractivity contribution in [2.24, 2.45) is 46.3 Å². The molecule has 0 aromatic heterocycles. The fourth-order valence-electron chi connectivity index (χ4n) is 12.0. The molecule has 3 saturated carbocycles. The standard InChI is InChI=1S/C49H86O2/c1-7-8-9-10-11-12-13-14-15-16-17-18-19-20-21-22-23-24-25-29-47(50)51-42-34-36-48(5)41(38-42)30-31-43-45-33-32-44(40(4)28-26-27-39(2)3)49(45,6)37-35-46(43)48/h14-15,30,39-40,42-46H,7-13,16-29,31-38H2,1-6H3/b15-14-/t40-,42+,43-,44+,45-,46-,48-,49+/m0/s1. The Bertz CT molecular complexity index is 1040. The molecule has 8 atom stereocenters. The predicted octanol–water partition coefficient (Wildman–Crippen LogP) is 15.5. The Morgan fingerprint density at radius 2 is 1.37 bits per heavy atom. The van der Waals surface area contributed by atoms with Gasteiger partial charge in [0.15, 0.2) is 0 Å². The van der Waals surface area contributed by atoms with Crippen LogP contribution in [0.2, 0.25) is 0 Å². The minimum Gasteiger partial charge on any atom is -0.462 e. The average Bonchev–Trinajstić information content (AvgIpc) is 3.46. The summed E-state index contributed by atoms with van der Waals surface area (Å²) in [5, 5.41) is 0. The van der Waals surface area contributed by atoms with Gasteiger partial charge in [0.05, 0.1) is 0 Å². The van der Waals surface area contributed by atoms with Gasteiger partial charge in [-0.25, -0.2) is 0 Å². The minimum atomic E-state index is 0.0619. The molecule has 0 radical (unpaired) electrons. The van der Waals surface area contributed by atoms with Crippen LogP contribution >= 0.6 is 0 Å². The fourth-order valence-corrected chi connectivity index (χ4v) is 12.0. The van der Waals surface area contributed by atoms with Gasteiger partial charge in [-0.2, -0.15) is 0 Å². The molecule has 3 fully saturated rings. The third-order valence-electron chi connectivity index (χ3n) is 15.2. The Kier molecular flexibility index (Phi) is 18.7. The highest BCUT2D eigenvalue weighted by Crippen LogP contribution is 2.67. The van der Waals surface area contributed by atoms with Crippen molar-refractivity contribution >= 4 is 5.97 Å². The summed E-state index contributed by atoms with van der Waals surface area (Å²) in [6.45, 7) is 15.0. The van der Waals surface area contributed by atoms with E-state index in [-0.39, 0.29) is 12.1 Å². The molecule has 0 aromatic carbocycles. The molecule has 2 nitrogen and oxygen atoms in total. The number of allylic oxidation sites excluding steroid dienone is 3. The molecule has 0 aliphatic heterocycles. The summed E-state index contributed by atoms with van der Waals surface area (Å²) >= 11 is 0. The molecule has 0 N–H and O–H groups in total. The lowest BCUT2D eigenvalue weighted by molar-refractivity contribution is -0.151. The molecule has 51 heavy (non-hydrogen) atoms. The van der Waals surface area contributed by atoms with Crippen molar-refractivity contribution in [3.8, 4) is 0 Å². The van der Waals surface area contributed by atoms with Crippen LogP contribution in [0.25, 0.3) is 0 Å². The maximum Gasteiger partial charge on any atom is 0.306 e. The Balaban J connectivity index is 1.04. The molecular formula is C49H86O2. The topological polar surface area (TPSA) is 26.3 Å². The molecule has 294 valence electrons. The summed E-state index contributed by atoms with van der Waals surface area (Å²) in [7, 11) is 0. The van der Waals surface area contributed by atoms with Crippen molar-refractivity contribution < 1.29 is 9.53 Å². The van der Waals surface area contributed by atoms with Gasteiger partial charge in [-0.1, -0.05) is 162 Å². The number of rotatable bonds is 25. The maximum atomic E-state index is 12.9. The van der Waals surface area contributed by atoms with E-state index in [1.165, 1.54) is 161 Å². The van der Waals surface area contributed by atoms with Crippen molar-refractivity contribution in [1.29, 1.82) is 0 Å². The smallest absolute Gasteiger partial charge is 0.306 e. The molecule has 0 unspecified atom stereocenters. The number of hydrogen-bond donors (Lipinski definition) is 0. The molecule has 0 aromatic rings. The first kappa shape index (κ1) is 42.7. The molecule has 2 heteroatoms. The number of carbonyl (C=O) groups is 1. The Morgan fingerprint density at radius 3 is 2.02 bits per heavy atom. The molecule has 4 rings (SSSR count). The zero-order valence-corrected chi connectivity index (χ0v) is 35.1. The van der Waals surface area contributed by atoms with Crippen LogP contribution < -0.4 is 0 Å². The first-order valence-electron chi connectivity index (χ1n) is 23.2. The lowest BCUT2D eigenvalue weighted by Crippen LogP contribution is -2.51. The maximum absolute atomic E-state index is 12.9. The second-order valence-electron chi connectivity index (χ2n) is 19.4. The number of hydrogen-bond acceptors (Lipinski definition) is 2. The van der Waals surface area contributed by atoms with Gasteiger partial charge >= 0.3 is 5.97 Å². The van der Waals surface area contributed by atoms with Gasteiger partial charge in [-0.3, -0.25) is 4.79 Å². The molecule has 0 heterocycles. The quantitative estimate of drug-likeness (QED) is 0.0537. The van der Waals surface area contributed by atoms with E-state index >= 15 is 0 Å². The number of carbonyl (C=O) groups excluding carboxylic acids is 1. The minimum absolute atomic E-state index is 0.0619. The molecule has 4 aliphatic rings. The van der Waals surface area contributed by atoms with E-state index in [0.29, 0.717) is 17.3 Å². The Hall–Kier alpha value is -1.05. The Morgan fingerprint density at radius 1 is 0.745 bits per heavy atom. The van der Waals surface area contributed by atoms with Crippen LogP contribution in [0.15, 0.2) is 23.8 Å². The number of fused-ring (bicyclic) bond motifs is 5. The lowest BCUT2D eigenvalue weighted by Gasteiger charge is -2.58. The van der Waals surface area contributed by atoms with Crippen LogP contribution in [-0.2, 0) is 9.53 Å². The largest absolute Gasteiger partial charge is 0.462 e. The van der Waals surface area contributed by atoms with E-state index in [9.17, 15) is 4.79 Å². The van der Waals surface area contributed by atoms with Crippen molar-refractivity contribution in [2.45, 2.75) is 234 Å². The van der Waals surface area contributed by atoms with Crippen LogP contribution in [0, 0.1) is 46.3 Å². The summed E-state index contributed by atoms with van der Waals surface area (Å²) in [4.78, 5) is 12.9. The van der Waals surface area contributed by atoms with Crippen LogP contribution in [0.4, 0.5) is 0 Å². The van der Waals surface area contributed by atoms with Crippen molar-refractivity contribution in [1.82, 2.24) is 0 Å². The SMILES string of the molecule is CCCCCCCC/C=C\CCCCCCCCCCCC(=O)O[C@@H]1CC[C@@]2(C)C(=CC[C@H]3[C@@H]4CC[C@H]([C@@H](C)CCCC(C)C)[C@@]4(C)CC[C@@H]32)C1. The fraction of sp³-hybridized carbons (Fsp3) is 0.898. The van der Waals surface area contributed by atoms with Gasteiger partial charge in [0.25, 0.3) is 0 Å². The summed E-state index contributed by atoms with van der Waals surface area (Å²) < 4.78 is 6.15. The van der Waals surface area contributed by atoms with E-state index in [2.05, 4.69) is 59.8 Å². The highest BCUT2D eigenvalue weighted by Gasteiger charge is 2.59. The second-order valence-corrected chi connectivity index (χ2v) is 19.4. The third-order valence-corrected chi connectivity index (χ3v) is 15.2. The van der Waals surface area contributed by atoms with Gasteiger partial charge in [-0.05, 0) is 123 Å². The van der Waals surface area contributed by atoms with E-state index < -0.39 is 0 Å². The van der Waals surface area contributed by atoms with Gasteiger partial charge in [-0.15, -0.1) is 0 Å². The predicted molar refractivity (Wildman–Crippen MR) is 221 cm³/mol. The van der Waals surface area contributed by atoms with Crippen molar-refractivity contribution in [3.63, 3.8) is 0 Å². The molecular weight excluding hydrogens is 621 g/mol. The summed E-state index contributed by atoms with van der Waals surface area (Å²) in [5.41, 5.74) is 2.53. The Labute approximate surface area is 318 Å². The zero-order chi connectivity index (χ0) is 36.5. The third kappa shape index (κ3) is 12.8. The van der Waals surface area contributed by atoms with Gasteiger partial charge in [0, 0.05) is 12.8 Å². The molecule has 4 aliphatic carbocycles. The highest BCUT2D eigenvalue weighted by molar-refractivity contribution is 5.69. The summed E-state index contributed by atoms with van der Waals surface area (Å²) in [6, 6.07) is 0. The number of esters is 1. The van der Waals surface area contributed by atoms with Crippen molar-refractivity contribution in [3.05, 3.63) is 23.8 Å². The second kappa shape index (κ2) is 22.4. The van der Waals surface area contributed by atoms with Gasteiger partial charge in [0.2, 0.25) is 0 Å². The lowest BCUT2D eigenvalue weighted by atomic mass is 9.47. The van der Waals surface area contributed by atoms with Gasteiger partial charge < -0.3 is 4.74 Å². The number of ether oxygens (including phenoxy) is 1. The monoisotopic (exact) mass is 707 g/mol. The zero-order valence-electron chi connectivity index (χ0n) is 35.1. The van der Waals surface area contributed by atoms with Gasteiger partial charge in [0.1, 0.15) is 6.10 Å². The first-order chi connectivity index (χ1) is 24.7. The van der Waals surface area contributed by atoms with E-state index in [1.54, 1.807) is 5.57 Å². The van der Waals surface area contributed by atoms with Crippen LogP contribution in [0.5, 0.6) is 0 Å². The molecule has 0 bridgehead atoms. The van der Waals surface area contributed by atoms with Crippen LogP contribution in [-0.4, -0.2) is 12.1 Å². The van der Waals surface area contributed by atoms with E-state index in [1.807, 2.05) is 0 Å². The normalized spacial score (nSPS) is 31.0. The van der Waals surface area contributed by atoms with Crippen molar-refractivity contribution in [2.75, 3.05) is 0 Å². The van der Waals surface area contributed by atoms with E-state index in [0.717, 1.165) is 54.8 Å².